The second-order valence-corrected chi connectivity index (χ2v) is 5.69. The highest BCUT2D eigenvalue weighted by atomic mass is 16.5. The first kappa shape index (κ1) is 12.6. The first-order valence-corrected chi connectivity index (χ1v) is 7.32. The zero-order valence-corrected chi connectivity index (χ0v) is 11.6. The summed E-state index contributed by atoms with van der Waals surface area (Å²) in [6.45, 7) is 0.835. The monoisotopic (exact) mass is 283 g/mol. The Labute approximate surface area is 122 Å². The molecule has 0 radical (unpaired) electrons. The van der Waals surface area contributed by atoms with E-state index in [0.29, 0.717) is 17.6 Å². The molecule has 2 aliphatic rings. The lowest BCUT2D eigenvalue weighted by Crippen LogP contribution is -2.53. The molecule has 1 N–H and O–H groups in total. The molecule has 1 aromatic carbocycles. The summed E-state index contributed by atoms with van der Waals surface area (Å²) >= 11 is 0. The lowest BCUT2D eigenvalue weighted by atomic mass is 9.76. The molecule has 2 heterocycles. The van der Waals surface area contributed by atoms with Gasteiger partial charge in [-0.25, -0.2) is 4.98 Å². The van der Waals surface area contributed by atoms with Crippen molar-refractivity contribution >= 4 is 5.91 Å². The number of hydrogen-bond donors (Lipinski definition) is 1. The maximum absolute atomic E-state index is 12.3. The Kier molecular flexibility index (Phi) is 3.00. The van der Waals surface area contributed by atoms with E-state index in [1.165, 1.54) is 0 Å². The van der Waals surface area contributed by atoms with Crippen molar-refractivity contribution in [2.24, 2.45) is 5.92 Å². The van der Waals surface area contributed by atoms with Crippen molar-refractivity contribution < 1.29 is 9.53 Å². The van der Waals surface area contributed by atoms with Crippen LogP contribution in [0.4, 0.5) is 0 Å². The van der Waals surface area contributed by atoms with Crippen LogP contribution in [-0.2, 0) is 4.74 Å². The average molecular weight is 283 g/mol. The molecule has 108 valence electrons. The third-order valence-corrected chi connectivity index (χ3v) is 4.51. The van der Waals surface area contributed by atoms with E-state index in [1.54, 1.807) is 12.5 Å². The maximum Gasteiger partial charge on any atom is 0.251 e. The van der Waals surface area contributed by atoms with Crippen molar-refractivity contribution in [1.82, 2.24) is 14.9 Å². The number of ether oxygens (including phenoxy) is 1. The normalized spacial score (nSPS) is 27.0. The van der Waals surface area contributed by atoms with Gasteiger partial charge in [0.1, 0.15) is 0 Å². The molecule has 0 bridgehead atoms. The highest BCUT2D eigenvalue weighted by molar-refractivity contribution is 5.94. The molecular formula is C16H17N3O2. The van der Waals surface area contributed by atoms with Gasteiger partial charge in [-0.15, -0.1) is 0 Å². The van der Waals surface area contributed by atoms with Crippen LogP contribution < -0.4 is 5.32 Å². The summed E-state index contributed by atoms with van der Waals surface area (Å²) in [6.07, 6.45) is 7.74. The first-order valence-electron chi connectivity index (χ1n) is 7.32. The van der Waals surface area contributed by atoms with Crippen molar-refractivity contribution in [2.45, 2.75) is 25.0 Å². The van der Waals surface area contributed by atoms with E-state index >= 15 is 0 Å². The lowest BCUT2D eigenvalue weighted by molar-refractivity contribution is 0.00810. The Morgan fingerprint density at radius 2 is 2.19 bits per heavy atom. The van der Waals surface area contributed by atoms with Gasteiger partial charge >= 0.3 is 0 Å². The molecule has 1 amide bonds. The van der Waals surface area contributed by atoms with E-state index < -0.39 is 0 Å². The summed E-state index contributed by atoms with van der Waals surface area (Å²) in [5.41, 5.74) is 1.69. The van der Waals surface area contributed by atoms with Crippen molar-refractivity contribution in [3.63, 3.8) is 0 Å². The van der Waals surface area contributed by atoms with Crippen LogP contribution in [0.15, 0.2) is 43.0 Å². The highest BCUT2D eigenvalue weighted by Gasteiger charge is 2.45. The number of fused-ring (bicyclic) bond motifs is 1. The summed E-state index contributed by atoms with van der Waals surface area (Å²) in [5.74, 6) is 0.515. The second-order valence-electron chi connectivity index (χ2n) is 5.69. The van der Waals surface area contributed by atoms with E-state index in [0.717, 1.165) is 25.1 Å². The molecule has 0 spiro atoms. The van der Waals surface area contributed by atoms with Crippen LogP contribution in [0.2, 0.25) is 0 Å². The average Bonchev–Trinajstić information content (AvgIpc) is 3.14. The molecule has 21 heavy (non-hydrogen) atoms. The summed E-state index contributed by atoms with van der Waals surface area (Å²) in [7, 11) is 0. The highest BCUT2D eigenvalue weighted by Crippen LogP contribution is 2.38. The van der Waals surface area contributed by atoms with E-state index in [-0.39, 0.29) is 11.9 Å². The van der Waals surface area contributed by atoms with Crippen LogP contribution in [0, 0.1) is 5.92 Å². The van der Waals surface area contributed by atoms with Gasteiger partial charge in [0.15, 0.2) is 0 Å². The summed E-state index contributed by atoms with van der Waals surface area (Å²) in [4.78, 5) is 16.3. The molecule has 2 fully saturated rings. The number of imidazole rings is 1. The Balaban J connectivity index is 1.43. The van der Waals surface area contributed by atoms with Gasteiger partial charge in [0, 0.05) is 42.2 Å². The van der Waals surface area contributed by atoms with Crippen LogP contribution in [-0.4, -0.2) is 34.2 Å². The SMILES string of the molecule is O=C(N[C@H]1C[C@@H]2OCC[C@H]12)c1ccc(-n2ccnc2)cc1. The largest absolute Gasteiger partial charge is 0.378 e. The Bertz CT molecular complexity index is 636. The topological polar surface area (TPSA) is 56.1 Å². The Morgan fingerprint density at radius 1 is 1.33 bits per heavy atom. The molecule has 3 atom stereocenters. The van der Waals surface area contributed by atoms with Gasteiger partial charge in [-0.3, -0.25) is 4.79 Å². The van der Waals surface area contributed by atoms with Crippen molar-refractivity contribution in [3.05, 3.63) is 48.5 Å². The number of nitrogens with zero attached hydrogens (tertiary/aromatic N) is 2. The zero-order chi connectivity index (χ0) is 14.2. The molecular weight excluding hydrogens is 266 g/mol. The van der Waals surface area contributed by atoms with Crippen LogP contribution in [0.5, 0.6) is 0 Å². The Morgan fingerprint density at radius 3 is 2.90 bits per heavy atom. The van der Waals surface area contributed by atoms with Gasteiger partial charge in [0.2, 0.25) is 0 Å². The van der Waals surface area contributed by atoms with Gasteiger partial charge in [-0.05, 0) is 37.1 Å². The predicted octanol–water partition coefficient (Wildman–Crippen LogP) is 1.78. The summed E-state index contributed by atoms with van der Waals surface area (Å²) in [6, 6.07) is 7.84. The van der Waals surface area contributed by atoms with Crippen LogP contribution in [0.3, 0.4) is 0 Å². The first-order chi connectivity index (χ1) is 10.3. The number of hydrogen-bond acceptors (Lipinski definition) is 3. The van der Waals surface area contributed by atoms with E-state index in [4.69, 9.17) is 4.74 Å². The van der Waals surface area contributed by atoms with Gasteiger partial charge < -0.3 is 14.6 Å². The molecule has 5 heteroatoms. The predicted molar refractivity (Wildman–Crippen MR) is 77.3 cm³/mol. The molecule has 4 rings (SSSR count). The number of aromatic nitrogens is 2. The van der Waals surface area contributed by atoms with Crippen molar-refractivity contribution in [1.29, 1.82) is 0 Å². The van der Waals surface area contributed by atoms with Crippen molar-refractivity contribution in [2.75, 3.05) is 6.61 Å². The fraction of sp³-hybridized carbons (Fsp3) is 0.375. The van der Waals surface area contributed by atoms with Gasteiger partial charge in [0.05, 0.1) is 12.4 Å². The smallest absolute Gasteiger partial charge is 0.251 e. The third-order valence-electron chi connectivity index (χ3n) is 4.51. The van der Waals surface area contributed by atoms with Crippen molar-refractivity contribution in [3.8, 4) is 5.69 Å². The minimum Gasteiger partial charge on any atom is -0.378 e. The molecule has 1 aliphatic carbocycles. The Hall–Kier alpha value is -2.14. The number of rotatable bonds is 3. The fourth-order valence-corrected chi connectivity index (χ4v) is 3.21. The van der Waals surface area contributed by atoms with E-state index in [2.05, 4.69) is 10.3 Å². The van der Waals surface area contributed by atoms with Gasteiger partial charge in [-0.2, -0.15) is 0 Å². The standard InChI is InChI=1S/C16H17N3O2/c20-16(18-14-9-15-13(14)5-8-21-15)11-1-3-12(4-2-11)19-7-6-17-10-19/h1-4,6-7,10,13-15H,5,8-9H2,(H,18,20)/t13-,14+,15+/m1/s1. The van der Waals surface area contributed by atoms with Crippen LogP contribution in [0.25, 0.3) is 5.69 Å². The third kappa shape index (κ3) is 2.23. The number of carbonyl (C=O) groups is 1. The number of amides is 1. The number of carbonyl (C=O) groups excluding carboxylic acids is 1. The van der Waals surface area contributed by atoms with E-state index in [1.807, 2.05) is 35.0 Å². The number of nitrogens with one attached hydrogen (secondary N) is 1. The molecule has 0 unspecified atom stereocenters. The molecule has 5 nitrogen and oxygen atoms in total. The molecule has 1 aliphatic heterocycles. The number of benzene rings is 1. The maximum atomic E-state index is 12.3. The fourth-order valence-electron chi connectivity index (χ4n) is 3.21. The molecule has 1 saturated carbocycles. The van der Waals surface area contributed by atoms with Gasteiger partial charge in [0.25, 0.3) is 5.91 Å². The van der Waals surface area contributed by atoms with Crippen LogP contribution in [0.1, 0.15) is 23.2 Å². The zero-order valence-electron chi connectivity index (χ0n) is 11.6. The van der Waals surface area contributed by atoms with Gasteiger partial charge in [-0.1, -0.05) is 0 Å². The molecule has 1 aromatic heterocycles. The second kappa shape index (κ2) is 5.00. The quantitative estimate of drug-likeness (QED) is 0.934. The van der Waals surface area contributed by atoms with Crippen LogP contribution >= 0.6 is 0 Å². The molecule has 2 aromatic rings. The summed E-state index contributed by atoms with van der Waals surface area (Å²) < 4.78 is 7.48. The van der Waals surface area contributed by atoms with E-state index in [9.17, 15) is 4.79 Å². The summed E-state index contributed by atoms with van der Waals surface area (Å²) in [5, 5.41) is 3.12. The minimum atomic E-state index is 0.00234. The lowest BCUT2D eigenvalue weighted by Gasteiger charge is -2.39. The molecule has 1 saturated heterocycles. The minimum absolute atomic E-state index is 0.00234.